The number of guanidine groups is 1. The summed E-state index contributed by atoms with van der Waals surface area (Å²) in [4.78, 5) is 8.23. The molecule has 0 amide bonds. The van der Waals surface area contributed by atoms with Gasteiger partial charge in [0.1, 0.15) is 0 Å². The molecule has 0 aliphatic carbocycles. The summed E-state index contributed by atoms with van der Waals surface area (Å²) in [5.74, 6) is 0.791. The first-order chi connectivity index (χ1) is 12.7. The second-order valence-electron chi connectivity index (χ2n) is 6.39. The second-order valence-corrected chi connectivity index (χ2v) is 7.36. The van der Waals surface area contributed by atoms with E-state index in [9.17, 15) is 5.11 Å². The van der Waals surface area contributed by atoms with Gasteiger partial charge in [0.2, 0.25) is 0 Å². The second kappa shape index (κ2) is 13.1. The molecule has 0 saturated carbocycles. The van der Waals surface area contributed by atoms with E-state index >= 15 is 0 Å². The summed E-state index contributed by atoms with van der Waals surface area (Å²) >= 11 is 1.77. The number of hydrogen-bond donors (Lipinski definition) is 3. The minimum atomic E-state index is 0. The molecule has 1 aromatic heterocycles. The van der Waals surface area contributed by atoms with Crippen LogP contribution in [0.15, 0.2) is 52.8 Å². The molecule has 2 rings (SSSR count). The lowest BCUT2D eigenvalue weighted by Gasteiger charge is -2.24. The van der Waals surface area contributed by atoms with Crippen molar-refractivity contribution >= 4 is 41.3 Å². The number of aliphatic hydroxyl groups excluding tert-OH is 1. The van der Waals surface area contributed by atoms with Crippen LogP contribution < -0.4 is 10.6 Å². The van der Waals surface area contributed by atoms with E-state index in [2.05, 4.69) is 54.1 Å². The highest BCUT2D eigenvalue weighted by Crippen LogP contribution is 2.22. The Kier molecular flexibility index (Phi) is 11.6. The number of thiophene rings is 1. The zero-order valence-electron chi connectivity index (χ0n) is 16.3. The molecule has 0 bridgehead atoms. The molecule has 0 aliphatic heterocycles. The van der Waals surface area contributed by atoms with Gasteiger partial charge in [0.25, 0.3) is 0 Å². The van der Waals surface area contributed by atoms with Gasteiger partial charge in [0.15, 0.2) is 5.96 Å². The van der Waals surface area contributed by atoms with Crippen molar-refractivity contribution < 1.29 is 5.11 Å². The van der Waals surface area contributed by atoms with Crippen LogP contribution >= 0.6 is 35.3 Å². The normalized spacial score (nSPS) is 13.7. The molecule has 27 heavy (non-hydrogen) atoms. The van der Waals surface area contributed by atoms with Crippen molar-refractivity contribution in [3.05, 3.63) is 58.3 Å². The van der Waals surface area contributed by atoms with Crippen LogP contribution in [0.25, 0.3) is 0 Å². The van der Waals surface area contributed by atoms with Crippen LogP contribution in [0.2, 0.25) is 0 Å². The van der Waals surface area contributed by atoms with Crippen molar-refractivity contribution in [3.63, 3.8) is 0 Å². The lowest BCUT2D eigenvalue weighted by atomic mass is 10.0. The molecule has 1 heterocycles. The first-order valence-corrected chi connectivity index (χ1v) is 9.91. The largest absolute Gasteiger partial charge is 0.396 e. The quantitative estimate of drug-likeness (QED) is 0.280. The number of rotatable bonds is 9. The van der Waals surface area contributed by atoms with Gasteiger partial charge in [-0.25, -0.2) is 0 Å². The Morgan fingerprint density at radius 1 is 1.15 bits per heavy atom. The van der Waals surface area contributed by atoms with Crippen molar-refractivity contribution in [2.45, 2.75) is 18.9 Å². The number of hydrogen-bond acceptors (Lipinski definition) is 4. The molecule has 0 fully saturated rings. The molecular weight excluding hydrogens is 471 g/mol. The van der Waals surface area contributed by atoms with E-state index in [-0.39, 0.29) is 36.5 Å². The Bertz CT molecular complexity index is 649. The fourth-order valence-electron chi connectivity index (χ4n) is 2.75. The third-order valence-corrected chi connectivity index (χ3v) is 5.24. The topological polar surface area (TPSA) is 59.9 Å². The molecule has 0 spiro atoms. The zero-order valence-corrected chi connectivity index (χ0v) is 19.4. The van der Waals surface area contributed by atoms with Gasteiger partial charge in [-0.1, -0.05) is 36.4 Å². The molecule has 2 unspecified atom stereocenters. The van der Waals surface area contributed by atoms with Crippen LogP contribution in [-0.2, 0) is 0 Å². The molecule has 5 nitrogen and oxygen atoms in total. The van der Waals surface area contributed by atoms with Crippen LogP contribution in [-0.4, -0.2) is 56.3 Å². The molecule has 150 valence electrons. The predicted octanol–water partition coefficient (Wildman–Crippen LogP) is 3.30. The van der Waals surface area contributed by atoms with Crippen LogP contribution in [0.3, 0.4) is 0 Å². The standard InChI is InChI=1S/C20H30N4OS.HI/c1-4-21-20(22-13-17(15-25)16-9-6-5-7-10-16)23-14-18(24(2)3)19-11-8-12-26-19;/h5-12,17-18,25H,4,13-15H2,1-3H3,(H2,21,22,23);1H. The number of nitrogens with zero attached hydrogens (tertiary/aromatic N) is 2. The Balaban J connectivity index is 0.00000364. The van der Waals surface area contributed by atoms with E-state index in [0.29, 0.717) is 12.6 Å². The van der Waals surface area contributed by atoms with Crippen molar-refractivity contribution in [1.82, 2.24) is 15.5 Å². The molecule has 1 aromatic carbocycles. The van der Waals surface area contributed by atoms with Crippen LogP contribution in [0.4, 0.5) is 0 Å². The monoisotopic (exact) mass is 502 g/mol. The van der Waals surface area contributed by atoms with E-state index in [0.717, 1.165) is 24.6 Å². The van der Waals surface area contributed by atoms with Gasteiger partial charge in [0.05, 0.1) is 19.2 Å². The van der Waals surface area contributed by atoms with Gasteiger partial charge < -0.3 is 20.6 Å². The average Bonchev–Trinajstić information content (AvgIpc) is 3.17. The minimum Gasteiger partial charge on any atom is -0.396 e. The maximum atomic E-state index is 9.72. The SMILES string of the molecule is CCNC(=NCC(CO)c1ccccc1)NCC(c1cccs1)N(C)C.I. The number of likely N-dealkylation sites (N-methyl/N-ethyl adjacent to an activating group) is 1. The first-order valence-electron chi connectivity index (χ1n) is 9.03. The van der Waals surface area contributed by atoms with Gasteiger partial charge in [-0.2, -0.15) is 0 Å². The van der Waals surface area contributed by atoms with E-state index in [1.807, 2.05) is 30.3 Å². The van der Waals surface area contributed by atoms with Gasteiger partial charge >= 0.3 is 0 Å². The highest BCUT2D eigenvalue weighted by atomic mass is 127. The fourth-order valence-corrected chi connectivity index (χ4v) is 3.67. The zero-order chi connectivity index (χ0) is 18.8. The fraction of sp³-hybridized carbons (Fsp3) is 0.450. The Labute approximate surface area is 183 Å². The van der Waals surface area contributed by atoms with Crippen molar-refractivity contribution in [2.75, 3.05) is 40.3 Å². The molecule has 2 aromatic rings. The number of aliphatic imine (C=N–C) groups is 1. The lowest BCUT2D eigenvalue weighted by Crippen LogP contribution is -2.41. The number of halogens is 1. The van der Waals surface area contributed by atoms with Crippen LogP contribution in [0, 0.1) is 0 Å². The van der Waals surface area contributed by atoms with Gasteiger partial charge in [-0.15, -0.1) is 35.3 Å². The summed E-state index contributed by atoms with van der Waals surface area (Å²) in [5, 5.41) is 18.6. The van der Waals surface area contributed by atoms with E-state index in [4.69, 9.17) is 4.99 Å². The van der Waals surface area contributed by atoms with E-state index < -0.39 is 0 Å². The molecule has 0 saturated heterocycles. The molecule has 0 aliphatic rings. The molecule has 0 radical (unpaired) electrons. The maximum Gasteiger partial charge on any atom is 0.191 e. The Morgan fingerprint density at radius 2 is 1.89 bits per heavy atom. The smallest absolute Gasteiger partial charge is 0.191 e. The highest BCUT2D eigenvalue weighted by Gasteiger charge is 2.16. The van der Waals surface area contributed by atoms with E-state index in [1.165, 1.54) is 4.88 Å². The summed E-state index contributed by atoms with van der Waals surface area (Å²) in [6.07, 6.45) is 0. The summed E-state index contributed by atoms with van der Waals surface area (Å²) in [5.41, 5.74) is 1.11. The minimum absolute atomic E-state index is 0. The molecule has 3 N–H and O–H groups in total. The van der Waals surface area contributed by atoms with Crippen molar-refractivity contribution in [1.29, 1.82) is 0 Å². The molecule has 7 heteroatoms. The lowest BCUT2D eigenvalue weighted by molar-refractivity contribution is 0.268. The van der Waals surface area contributed by atoms with Crippen LogP contribution in [0.1, 0.15) is 29.3 Å². The molecule has 2 atom stereocenters. The maximum absolute atomic E-state index is 9.72. The summed E-state index contributed by atoms with van der Waals surface area (Å²) in [6, 6.07) is 14.6. The summed E-state index contributed by atoms with van der Waals surface area (Å²) in [7, 11) is 4.18. The first kappa shape index (κ1) is 23.9. The van der Waals surface area contributed by atoms with Crippen LogP contribution in [0.5, 0.6) is 0 Å². The third-order valence-electron chi connectivity index (χ3n) is 4.26. The van der Waals surface area contributed by atoms with Crippen molar-refractivity contribution in [2.24, 2.45) is 4.99 Å². The third kappa shape index (κ3) is 7.77. The predicted molar refractivity (Wildman–Crippen MR) is 126 cm³/mol. The molecular formula is C20H31IN4OS. The Morgan fingerprint density at radius 3 is 2.44 bits per heavy atom. The van der Waals surface area contributed by atoms with Crippen molar-refractivity contribution in [3.8, 4) is 0 Å². The number of benzene rings is 1. The van der Waals surface area contributed by atoms with Gasteiger partial charge in [0, 0.05) is 23.9 Å². The Hall–Kier alpha value is -1.16. The number of aliphatic hydroxyl groups is 1. The van der Waals surface area contributed by atoms with Gasteiger partial charge in [-0.3, -0.25) is 4.99 Å². The average molecular weight is 502 g/mol. The van der Waals surface area contributed by atoms with E-state index in [1.54, 1.807) is 11.3 Å². The highest BCUT2D eigenvalue weighted by molar-refractivity contribution is 14.0. The number of nitrogens with one attached hydrogen (secondary N) is 2. The summed E-state index contributed by atoms with van der Waals surface area (Å²) in [6.45, 7) is 4.26. The summed E-state index contributed by atoms with van der Waals surface area (Å²) < 4.78 is 0. The van der Waals surface area contributed by atoms with Gasteiger partial charge in [-0.05, 0) is 38.0 Å².